The second-order valence-electron chi connectivity index (χ2n) is 6.79. The molecule has 9 heteroatoms. The molecule has 30 heavy (non-hydrogen) atoms. The topological polar surface area (TPSA) is 101 Å². The average Bonchev–Trinajstić information content (AvgIpc) is 2.76. The Morgan fingerprint density at radius 2 is 2.07 bits per heavy atom. The summed E-state index contributed by atoms with van der Waals surface area (Å²) in [5.74, 6) is 0.703. The molecule has 8 nitrogen and oxygen atoms in total. The molecular formula is C21H20N4O4S. The van der Waals surface area contributed by atoms with Crippen LogP contribution in [0.4, 0.5) is 0 Å². The lowest BCUT2D eigenvalue weighted by atomic mass is 10.1. The molecule has 2 aliphatic heterocycles. The van der Waals surface area contributed by atoms with Crippen LogP contribution in [-0.2, 0) is 28.0 Å². The fraction of sp³-hybridized carbons (Fsp3) is 0.190. The number of fused-ring (bicyclic) bond motifs is 1. The molecule has 0 saturated carbocycles. The highest BCUT2D eigenvalue weighted by Gasteiger charge is 2.24. The maximum Gasteiger partial charge on any atom is 0.256 e. The molecule has 2 aliphatic rings. The number of amides is 1. The molecule has 154 valence electrons. The van der Waals surface area contributed by atoms with Crippen LogP contribution in [-0.4, -0.2) is 42.3 Å². The SMILES string of the molecule is O=C(NCc1cccc(OCc2ccccn2)c1)C1=CN2CCS(=O)(=O)N=C2C=C1. The van der Waals surface area contributed by atoms with Crippen LogP contribution in [0.25, 0.3) is 0 Å². The molecule has 0 atom stereocenters. The molecule has 0 aliphatic carbocycles. The number of amidine groups is 1. The molecule has 1 amide bonds. The Kier molecular flexibility index (Phi) is 5.62. The number of hydrogen-bond donors (Lipinski definition) is 1. The van der Waals surface area contributed by atoms with Crippen molar-refractivity contribution in [3.05, 3.63) is 83.8 Å². The zero-order chi connectivity index (χ0) is 21.0. The standard InChI is InChI=1S/C21H20N4O4S/c26-21(17-7-8-20-24-30(27,28)11-10-25(20)14-17)23-13-16-4-3-6-19(12-16)29-15-18-5-1-2-9-22-18/h1-9,12,14H,10-11,13,15H2,(H,23,26). The Bertz CT molecular complexity index is 1140. The second-order valence-corrected chi connectivity index (χ2v) is 8.54. The first-order chi connectivity index (χ1) is 14.5. The summed E-state index contributed by atoms with van der Waals surface area (Å²) in [6.45, 7) is 0.974. The molecule has 1 aromatic carbocycles. The number of aromatic nitrogens is 1. The van der Waals surface area contributed by atoms with Crippen LogP contribution in [0.3, 0.4) is 0 Å². The van der Waals surface area contributed by atoms with Crippen molar-refractivity contribution in [2.45, 2.75) is 13.2 Å². The van der Waals surface area contributed by atoms with Gasteiger partial charge < -0.3 is 15.0 Å². The van der Waals surface area contributed by atoms with E-state index in [0.29, 0.717) is 30.3 Å². The summed E-state index contributed by atoms with van der Waals surface area (Å²) in [7, 11) is -3.41. The zero-order valence-electron chi connectivity index (χ0n) is 16.1. The molecule has 2 aromatic rings. The number of carbonyl (C=O) groups is 1. The molecule has 1 N–H and O–H groups in total. The Labute approximate surface area is 174 Å². The first-order valence-electron chi connectivity index (χ1n) is 9.38. The van der Waals surface area contributed by atoms with Gasteiger partial charge in [-0.25, -0.2) is 8.42 Å². The Hall–Kier alpha value is -3.46. The molecule has 0 bridgehead atoms. The zero-order valence-corrected chi connectivity index (χ0v) is 16.9. The molecule has 0 fully saturated rings. The van der Waals surface area contributed by atoms with Crippen molar-refractivity contribution in [3.8, 4) is 5.75 Å². The van der Waals surface area contributed by atoms with Crippen molar-refractivity contribution in [1.82, 2.24) is 15.2 Å². The lowest BCUT2D eigenvalue weighted by Gasteiger charge is -2.26. The summed E-state index contributed by atoms with van der Waals surface area (Å²) >= 11 is 0. The van der Waals surface area contributed by atoms with E-state index in [0.717, 1.165) is 11.3 Å². The van der Waals surface area contributed by atoms with Gasteiger partial charge in [0.25, 0.3) is 15.9 Å². The Morgan fingerprint density at radius 1 is 1.17 bits per heavy atom. The number of sulfonamides is 1. The van der Waals surface area contributed by atoms with Gasteiger partial charge in [0.05, 0.1) is 17.0 Å². The van der Waals surface area contributed by atoms with Crippen LogP contribution >= 0.6 is 0 Å². The fourth-order valence-corrected chi connectivity index (χ4v) is 3.98. The van der Waals surface area contributed by atoms with Gasteiger partial charge in [-0.1, -0.05) is 18.2 Å². The summed E-state index contributed by atoms with van der Waals surface area (Å²) in [6, 6.07) is 13.1. The van der Waals surface area contributed by atoms with E-state index in [1.54, 1.807) is 23.4 Å². The van der Waals surface area contributed by atoms with Gasteiger partial charge in [-0.15, -0.1) is 4.40 Å². The highest BCUT2D eigenvalue weighted by molar-refractivity contribution is 7.90. The van der Waals surface area contributed by atoms with Crippen LogP contribution in [0, 0.1) is 0 Å². The van der Waals surface area contributed by atoms with Crippen LogP contribution in [0.15, 0.2) is 77.0 Å². The molecule has 1 aromatic heterocycles. The summed E-state index contributed by atoms with van der Waals surface area (Å²) in [4.78, 5) is 18.4. The number of nitrogens with zero attached hydrogens (tertiary/aromatic N) is 3. The van der Waals surface area contributed by atoms with E-state index >= 15 is 0 Å². The maximum atomic E-state index is 12.5. The predicted molar refractivity (Wildman–Crippen MR) is 112 cm³/mol. The lowest BCUT2D eigenvalue weighted by Crippen LogP contribution is -2.38. The van der Waals surface area contributed by atoms with Gasteiger partial charge in [-0.3, -0.25) is 9.78 Å². The average molecular weight is 424 g/mol. The van der Waals surface area contributed by atoms with Crippen molar-refractivity contribution in [3.63, 3.8) is 0 Å². The minimum atomic E-state index is -3.41. The number of carbonyl (C=O) groups excluding carboxylic acids is 1. The van der Waals surface area contributed by atoms with Gasteiger partial charge in [0, 0.05) is 25.5 Å². The fourth-order valence-electron chi connectivity index (χ4n) is 3.01. The summed E-state index contributed by atoms with van der Waals surface area (Å²) in [6.07, 6.45) is 6.45. The quantitative estimate of drug-likeness (QED) is 0.759. The van der Waals surface area contributed by atoms with E-state index in [4.69, 9.17) is 4.74 Å². The smallest absolute Gasteiger partial charge is 0.256 e. The van der Waals surface area contributed by atoms with Gasteiger partial charge >= 0.3 is 0 Å². The van der Waals surface area contributed by atoms with Crippen molar-refractivity contribution in [2.75, 3.05) is 12.3 Å². The number of benzene rings is 1. The van der Waals surface area contributed by atoms with Gasteiger partial charge in [0.1, 0.15) is 18.2 Å². The monoisotopic (exact) mass is 424 g/mol. The molecule has 3 heterocycles. The Balaban J connectivity index is 1.34. The van der Waals surface area contributed by atoms with Crippen molar-refractivity contribution < 1.29 is 17.9 Å². The summed E-state index contributed by atoms with van der Waals surface area (Å²) in [5, 5.41) is 2.87. The molecule has 0 radical (unpaired) electrons. The van der Waals surface area contributed by atoms with Crippen molar-refractivity contribution in [1.29, 1.82) is 0 Å². The van der Waals surface area contributed by atoms with Gasteiger partial charge in [-0.2, -0.15) is 0 Å². The van der Waals surface area contributed by atoms with E-state index in [-0.39, 0.29) is 18.2 Å². The predicted octanol–water partition coefficient (Wildman–Crippen LogP) is 1.77. The number of nitrogens with one attached hydrogen (secondary N) is 1. The van der Waals surface area contributed by atoms with E-state index in [1.807, 2.05) is 42.5 Å². The summed E-state index contributed by atoms with van der Waals surface area (Å²) < 4.78 is 32.6. The van der Waals surface area contributed by atoms with Crippen molar-refractivity contribution in [2.24, 2.45) is 4.40 Å². The van der Waals surface area contributed by atoms with Crippen LogP contribution in [0.1, 0.15) is 11.3 Å². The van der Waals surface area contributed by atoms with Crippen LogP contribution in [0.5, 0.6) is 5.75 Å². The number of rotatable bonds is 6. The number of ether oxygens (including phenoxy) is 1. The number of hydrogen-bond acceptors (Lipinski definition) is 6. The lowest BCUT2D eigenvalue weighted by molar-refractivity contribution is -0.117. The normalized spacial score (nSPS) is 16.9. The van der Waals surface area contributed by atoms with Crippen molar-refractivity contribution >= 4 is 21.8 Å². The second kappa shape index (κ2) is 8.50. The van der Waals surface area contributed by atoms with Crippen LogP contribution < -0.4 is 10.1 Å². The molecule has 0 spiro atoms. The Morgan fingerprint density at radius 3 is 2.90 bits per heavy atom. The van der Waals surface area contributed by atoms with E-state index in [9.17, 15) is 13.2 Å². The maximum absolute atomic E-state index is 12.5. The highest BCUT2D eigenvalue weighted by Crippen LogP contribution is 2.17. The molecule has 0 unspecified atom stereocenters. The first-order valence-corrected chi connectivity index (χ1v) is 11.0. The number of pyridine rings is 1. The summed E-state index contributed by atoms with van der Waals surface area (Å²) in [5.41, 5.74) is 2.17. The minimum absolute atomic E-state index is 0.0684. The largest absolute Gasteiger partial charge is 0.487 e. The highest BCUT2D eigenvalue weighted by atomic mass is 32.2. The van der Waals surface area contributed by atoms with E-state index in [2.05, 4.69) is 14.7 Å². The molecule has 0 saturated heterocycles. The van der Waals surface area contributed by atoms with E-state index in [1.165, 1.54) is 6.08 Å². The molecular weight excluding hydrogens is 404 g/mol. The van der Waals surface area contributed by atoms with E-state index < -0.39 is 10.0 Å². The third-order valence-corrected chi connectivity index (χ3v) is 5.71. The van der Waals surface area contributed by atoms with Crippen LogP contribution in [0.2, 0.25) is 0 Å². The van der Waals surface area contributed by atoms with Gasteiger partial charge in [0.2, 0.25) is 0 Å². The first kappa shape index (κ1) is 19.8. The molecule has 4 rings (SSSR count). The van der Waals surface area contributed by atoms with Gasteiger partial charge in [0.15, 0.2) is 0 Å². The van der Waals surface area contributed by atoms with Gasteiger partial charge in [-0.05, 0) is 42.0 Å². The third-order valence-electron chi connectivity index (χ3n) is 4.55. The third kappa shape index (κ3) is 4.93. The minimum Gasteiger partial charge on any atom is -0.487 e.